The van der Waals surface area contributed by atoms with Gasteiger partial charge in [-0.3, -0.25) is 0 Å². The summed E-state index contributed by atoms with van der Waals surface area (Å²) >= 11 is 0. The lowest BCUT2D eigenvalue weighted by molar-refractivity contribution is -0.131. The second-order valence-corrected chi connectivity index (χ2v) is 5.94. The highest BCUT2D eigenvalue weighted by Crippen LogP contribution is 2.13. The van der Waals surface area contributed by atoms with Crippen LogP contribution < -0.4 is 0 Å². The highest BCUT2D eigenvalue weighted by atomic mass is 16.4. The fraction of sp³-hybridized carbons (Fsp3) is 0.833. The normalized spacial score (nSPS) is 12.9. The minimum atomic E-state index is -0.858. The molecule has 0 heterocycles. The van der Waals surface area contributed by atoms with Gasteiger partial charge in [-0.1, -0.05) is 70.8 Å². The molecule has 0 aliphatic heterocycles. The molecule has 3 heteroatoms. The molecule has 0 bridgehead atoms. The molecule has 0 rings (SSSR count). The van der Waals surface area contributed by atoms with Crippen molar-refractivity contribution < 1.29 is 15.0 Å². The van der Waals surface area contributed by atoms with Gasteiger partial charge in [0.15, 0.2) is 0 Å². The average Bonchev–Trinajstić information content (AvgIpc) is 2.45. The molecule has 124 valence electrons. The number of rotatable bonds is 15. The lowest BCUT2D eigenvalue weighted by atomic mass is 10.0. The van der Waals surface area contributed by atoms with Crippen LogP contribution in [0.5, 0.6) is 0 Å². The lowest BCUT2D eigenvalue weighted by Crippen LogP contribution is -2.05. The third-order valence-corrected chi connectivity index (χ3v) is 3.81. The first-order valence-electron chi connectivity index (χ1n) is 8.74. The summed E-state index contributed by atoms with van der Waals surface area (Å²) in [6.07, 6.45) is 17.6. The van der Waals surface area contributed by atoms with Gasteiger partial charge in [0.25, 0.3) is 0 Å². The third kappa shape index (κ3) is 17.1. The van der Waals surface area contributed by atoms with Crippen molar-refractivity contribution >= 4 is 5.97 Å². The van der Waals surface area contributed by atoms with Crippen molar-refractivity contribution in [2.24, 2.45) is 0 Å². The molecule has 0 saturated carbocycles. The first-order valence-corrected chi connectivity index (χ1v) is 8.74. The van der Waals surface area contributed by atoms with Gasteiger partial charge in [-0.25, -0.2) is 4.79 Å². The van der Waals surface area contributed by atoms with Crippen LogP contribution in [-0.4, -0.2) is 22.3 Å². The predicted molar refractivity (Wildman–Crippen MR) is 88.5 cm³/mol. The van der Waals surface area contributed by atoms with Crippen LogP contribution in [0.4, 0.5) is 0 Å². The van der Waals surface area contributed by atoms with Crippen LogP contribution in [0.1, 0.15) is 90.4 Å². The Hall–Kier alpha value is -0.830. The summed E-state index contributed by atoms with van der Waals surface area (Å²) < 4.78 is 0. The zero-order valence-electron chi connectivity index (χ0n) is 13.7. The Kier molecular flexibility index (Phi) is 14.9. The van der Waals surface area contributed by atoms with Crippen molar-refractivity contribution in [2.45, 2.75) is 96.5 Å². The van der Waals surface area contributed by atoms with Crippen LogP contribution in [0.3, 0.4) is 0 Å². The smallest absolute Gasteiger partial charge is 0.327 e. The number of aliphatic carboxylic acids is 1. The van der Waals surface area contributed by atoms with Gasteiger partial charge in [0.2, 0.25) is 0 Å². The van der Waals surface area contributed by atoms with Crippen molar-refractivity contribution in [3.05, 3.63) is 12.2 Å². The van der Waals surface area contributed by atoms with Crippen molar-refractivity contribution in [1.29, 1.82) is 0 Å². The number of aliphatic hydroxyl groups excluding tert-OH is 1. The molecule has 0 radical (unpaired) electrons. The molecule has 21 heavy (non-hydrogen) atoms. The van der Waals surface area contributed by atoms with E-state index >= 15 is 0 Å². The van der Waals surface area contributed by atoms with E-state index in [2.05, 4.69) is 6.92 Å². The summed E-state index contributed by atoms with van der Waals surface area (Å²) in [5, 5.41) is 18.3. The van der Waals surface area contributed by atoms with E-state index in [1.165, 1.54) is 57.4 Å². The van der Waals surface area contributed by atoms with Gasteiger partial charge in [-0.2, -0.15) is 0 Å². The summed E-state index contributed by atoms with van der Waals surface area (Å²) in [5.74, 6) is -0.858. The van der Waals surface area contributed by atoms with Crippen LogP contribution in [-0.2, 0) is 4.79 Å². The monoisotopic (exact) mass is 298 g/mol. The number of unbranched alkanes of at least 4 members (excludes halogenated alkanes) is 9. The molecule has 0 saturated heterocycles. The number of carboxylic acids is 1. The van der Waals surface area contributed by atoms with Crippen molar-refractivity contribution in [2.75, 3.05) is 0 Å². The van der Waals surface area contributed by atoms with Gasteiger partial charge >= 0.3 is 5.97 Å². The van der Waals surface area contributed by atoms with Crippen LogP contribution >= 0.6 is 0 Å². The Morgan fingerprint density at radius 3 is 2.00 bits per heavy atom. The van der Waals surface area contributed by atoms with E-state index in [4.69, 9.17) is 5.11 Å². The van der Waals surface area contributed by atoms with Gasteiger partial charge in [0, 0.05) is 6.08 Å². The van der Waals surface area contributed by atoms with E-state index < -0.39 is 5.97 Å². The Morgan fingerprint density at radius 2 is 1.43 bits per heavy atom. The SMILES string of the molecule is CCCCCCC(O)CCCCCCCCC=CC(=O)O. The predicted octanol–water partition coefficient (Wildman–Crippen LogP) is 5.08. The molecule has 3 nitrogen and oxygen atoms in total. The summed E-state index contributed by atoms with van der Waals surface area (Å²) in [4.78, 5) is 10.3. The van der Waals surface area contributed by atoms with E-state index in [0.29, 0.717) is 0 Å². The van der Waals surface area contributed by atoms with Crippen molar-refractivity contribution in [3.63, 3.8) is 0 Å². The number of hydrogen-bond acceptors (Lipinski definition) is 2. The molecule has 0 aromatic heterocycles. The van der Waals surface area contributed by atoms with Gasteiger partial charge in [-0.15, -0.1) is 0 Å². The molecule has 0 aliphatic rings. The summed E-state index contributed by atoms with van der Waals surface area (Å²) in [7, 11) is 0. The maximum Gasteiger partial charge on any atom is 0.327 e. The van der Waals surface area contributed by atoms with Crippen LogP contribution in [0, 0.1) is 0 Å². The minimum Gasteiger partial charge on any atom is -0.478 e. The Bertz CT molecular complexity index is 261. The first-order chi connectivity index (χ1) is 10.2. The van der Waals surface area contributed by atoms with Crippen molar-refractivity contribution in [1.82, 2.24) is 0 Å². The topological polar surface area (TPSA) is 57.5 Å². The maximum atomic E-state index is 10.3. The fourth-order valence-electron chi connectivity index (χ4n) is 2.48. The Labute approximate surface area is 130 Å². The Morgan fingerprint density at radius 1 is 0.905 bits per heavy atom. The lowest BCUT2D eigenvalue weighted by Gasteiger charge is -2.09. The molecule has 0 aromatic rings. The average molecular weight is 298 g/mol. The standard InChI is InChI=1S/C18H34O3/c1-2-3-4-11-14-17(19)15-12-9-7-5-6-8-10-13-16-18(20)21/h13,16-17,19H,2-12,14-15H2,1H3,(H,20,21). The van der Waals surface area contributed by atoms with Gasteiger partial charge in [-0.05, 0) is 25.7 Å². The van der Waals surface area contributed by atoms with Gasteiger partial charge in [0.05, 0.1) is 6.10 Å². The largest absolute Gasteiger partial charge is 0.478 e. The second-order valence-electron chi connectivity index (χ2n) is 5.94. The molecule has 2 N–H and O–H groups in total. The van der Waals surface area contributed by atoms with Crippen LogP contribution in [0.25, 0.3) is 0 Å². The third-order valence-electron chi connectivity index (χ3n) is 3.81. The molecule has 0 fully saturated rings. The summed E-state index contributed by atoms with van der Waals surface area (Å²) in [6.45, 7) is 2.21. The number of allylic oxidation sites excluding steroid dienone is 1. The van der Waals surface area contributed by atoms with Crippen molar-refractivity contribution in [3.8, 4) is 0 Å². The maximum absolute atomic E-state index is 10.3. The second kappa shape index (κ2) is 15.6. The quantitative estimate of drug-likeness (QED) is 0.327. The van der Waals surface area contributed by atoms with Gasteiger partial charge in [0.1, 0.15) is 0 Å². The highest BCUT2D eigenvalue weighted by Gasteiger charge is 2.03. The Balaban J connectivity index is 3.19. The minimum absolute atomic E-state index is 0.0944. The van der Waals surface area contributed by atoms with E-state index in [1.54, 1.807) is 6.08 Å². The van der Waals surface area contributed by atoms with E-state index in [1.807, 2.05) is 0 Å². The molecular weight excluding hydrogens is 264 g/mol. The zero-order chi connectivity index (χ0) is 15.8. The molecule has 0 aliphatic carbocycles. The number of carbonyl (C=O) groups is 1. The molecule has 0 spiro atoms. The number of carboxylic acid groups (broad SMARTS) is 1. The summed E-state index contributed by atoms with van der Waals surface area (Å²) in [5.41, 5.74) is 0. The number of hydrogen-bond donors (Lipinski definition) is 2. The highest BCUT2D eigenvalue weighted by molar-refractivity contribution is 5.79. The molecule has 1 unspecified atom stereocenters. The fourth-order valence-corrected chi connectivity index (χ4v) is 2.48. The molecule has 0 aromatic carbocycles. The first kappa shape index (κ1) is 20.2. The summed E-state index contributed by atoms with van der Waals surface area (Å²) in [6, 6.07) is 0. The van der Waals surface area contributed by atoms with E-state index in [0.717, 1.165) is 32.1 Å². The van der Waals surface area contributed by atoms with E-state index in [-0.39, 0.29) is 6.10 Å². The van der Waals surface area contributed by atoms with Crippen LogP contribution in [0.2, 0.25) is 0 Å². The van der Waals surface area contributed by atoms with E-state index in [9.17, 15) is 9.90 Å². The molecule has 1 atom stereocenters. The van der Waals surface area contributed by atoms with Gasteiger partial charge < -0.3 is 10.2 Å². The molecule has 0 amide bonds. The molecular formula is C18H34O3. The number of aliphatic hydroxyl groups is 1. The van der Waals surface area contributed by atoms with Crippen LogP contribution in [0.15, 0.2) is 12.2 Å². The zero-order valence-corrected chi connectivity index (χ0v) is 13.7.